The van der Waals surface area contributed by atoms with Crippen molar-refractivity contribution >= 4 is 33.5 Å². The van der Waals surface area contributed by atoms with Crippen LogP contribution in [0.1, 0.15) is 11.1 Å². The molecule has 2 rings (SSSR count). The van der Waals surface area contributed by atoms with Gasteiger partial charge in [0.25, 0.3) is 0 Å². The van der Waals surface area contributed by atoms with E-state index in [2.05, 4.69) is 15.9 Å². The molecular formula is C17H17BrO2S. The molecule has 0 fully saturated rings. The van der Waals surface area contributed by atoms with Gasteiger partial charge in [-0.25, -0.2) is 0 Å². The van der Waals surface area contributed by atoms with Crippen molar-refractivity contribution in [2.45, 2.75) is 18.2 Å². The molecule has 0 atom stereocenters. The Kier molecular flexibility index (Phi) is 5.88. The van der Waals surface area contributed by atoms with Crippen LogP contribution in [0.25, 0.3) is 0 Å². The highest BCUT2D eigenvalue weighted by Gasteiger charge is 2.10. The number of carbonyl (C=O) groups excluding carboxylic acids is 1. The van der Waals surface area contributed by atoms with Crippen molar-refractivity contribution in [3.63, 3.8) is 0 Å². The smallest absolute Gasteiger partial charge is 0.147 e. The number of methoxy groups -OCH3 is 1. The predicted octanol–water partition coefficient (Wildman–Crippen LogP) is 4.67. The molecule has 2 aromatic rings. The van der Waals surface area contributed by atoms with Gasteiger partial charge in [0, 0.05) is 21.4 Å². The maximum absolute atomic E-state index is 12.2. The van der Waals surface area contributed by atoms with Gasteiger partial charge in [0.2, 0.25) is 0 Å². The van der Waals surface area contributed by atoms with Crippen LogP contribution in [0.4, 0.5) is 0 Å². The Morgan fingerprint density at radius 1 is 1.24 bits per heavy atom. The Morgan fingerprint density at radius 3 is 2.71 bits per heavy atom. The minimum Gasteiger partial charge on any atom is -0.496 e. The summed E-state index contributed by atoms with van der Waals surface area (Å²) < 4.78 is 6.34. The third-order valence-electron chi connectivity index (χ3n) is 3.05. The summed E-state index contributed by atoms with van der Waals surface area (Å²) in [6.45, 7) is 2.02. The van der Waals surface area contributed by atoms with Gasteiger partial charge >= 0.3 is 0 Å². The first-order chi connectivity index (χ1) is 10.1. The molecule has 2 nitrogen and oxygen atoms in total. The van der Waals surface area contributed by atoms with Gasteiger partial charge < -0.3 is 4.74 Å². The number of ether oxygens (including phenoxy) is 1. The Bertz CT molecular complexity index is 640. The number of rotatable bonds is 6. The Labute approximate surface area is 138 Å². The van der Waals surface area contributed by atoms with Gasteiger partial charge in [0.1, 0.15) is 11.5 Å². The van der Waals surface area contributed by atoms with Crippen LogP contribution >= 0.6 is 27.7 Å². The second kappa shape index (κ2) is 7.66. The number of benzene rings is 2. The van der Waals surface area contributed by atoms with E-state index < -0.39 is 0 Å². The average Bonchev–Trinajstić information content (AvgIpc) is 2.47. The number of aryl methyl sites for hydroxylation is 1. The standard InChI is InChI=1S/C17H17BrO2S/c1-12-7-8-16(20-2)13(9-12)10-14(19)11-21-17-6-4-3-5-15(17)18/h3-9H,10-11H2,1-2H3. The lowest BCUT2D eigenvalue weighted by Gasteiger charge is -2.09. The summed E-state index contributed by atoms with van der Waals surface area (Å²) in [6, 6.07) is 13.8. The molecule has 0 amide bonds. The third-order valence-corrected chi connectivity index (χ3v) is 5.14. The summed E-state index contributed by atoms with van der Waals surface area (Å²) in [5.41, 5.74) is 2.09. The van der Waals surface area contributed by atoms with Crippen LogP contribution in [0.3, 0.4) is 0 Å². The molecular weight excluding hydrogens is 348 g/mol. The quantitative estimate of drug-likeness (QED) is 0.696. The molecule has 0 aliphatic carbocycles. The van der Waals surface area contributed by atoms with Crippen LogP contribution < -0.4 is 4.74 Å². The number of halogens is 1. The minimum atomic E-state index is 0.194. The number of hydrogen-bond donors (Lipinski definition) is 0. The lowest BCUT2D eigenvalue weighted by Crippen LogP contribution is -2.07. The van der Waals surface area contributed by atoms with Crippen molar-refractivity contribution in [2.75, 3.05) is 12.9 Å². The number of ketones is 1. The van der Waals surface area contributed by atoms with E-state index in [1.54, 1.807) is 18.9 Å². The highest BCUT2D eigenvalue weighted by atomic mass is 79.9. The Morgan fingerprint density at radius 2 is 2.00 bits per heavy atom. The first kappa shape index (κ1) is 16.1. The number of hydrogen-bond acceptors (Lipinski definition) is 3. The van der Waals surface area contributed by atoms with Crippen molar-refractivity contribution in [1.29, 1.82) is 0 Å². The summed E-state index contributed by atoms with van der Waals surface area (Å²) in [7, 11) is 1.63. The summed E-state index contributed by atoms with van der Waals surface area (Å²) in [4.78, 5) is 13.3. The highest BCUT2D eigenvalue weighted by molar-refractivity contribution is 9.10. The van der Waals surface area contributed by atoms with Crippen LogP contribution in [0.5, 0.6) is 5.75 Å². The first-order valence-corrected chi connectivity index (χ1v) is 8.40. The van der Waals surface area contributed by atoms with Crippen LogP contribution in [0.2, 0.25) is 0 Å². The molecule has 4 heteroatoms. The van der Waals surface area contributed by atoms with Crippen LogP contribution in [-0.4, -0.2) is 18.6 Å². The summed E-state index contributed by atoms with van der Waals surface area (Å²) >= 11 is 5.05. The molecule has 0 radical (unpaired) electrons. The second-order valence-corrected chi connectivity index (χ2v) is 6.62. The molecule has 0 aliphatic heterocycles. The molecule has 2 aromatic carbocycles. The minimum absolute atomic E-state index is 0.194. The first-order valence-electron chi connectivity index (χ1n) is 6.62. The van der Waals surface area contributed by atoms with Gasteiger partial charge in [-0.05, 0) is 41.1 Å². The number of carbonyl (C=O) groups is 1. The van der Waals surface area contributed by atoms with E-state index >= 15 is 0 Å². The van der Waals surface area contributed by atoms with Crippen LogP contribution in [0, 0.1) is 6.92 Å². The molecule has 0 N–H and O–H groups in total. The molecule has 0 saturated heterocycles. The van der Waals surface area contributed by atoms with Gasteiger partial charge in [0.15, 0.2) is 0 Å². The molecule has 0 heterocycles. The molecule has 110 valence electrons. The van der Waals surface area contributed by atoms with Gasteiger partial charge in [0.05, 0.1) is 12.9 Å². The summed E-state index contributed by atoms with van der Waals surface area (Å²) in [5, 5.41) is 0. The van der Waals surface area contributed by atoms with Crippen LogP contribution in [-0.2, 0) is 11.2 Å². The van der Waals surface area contributed by atoms with E-state index in [9.17, 15) is 4.79 Å². The van der Waals surface area contributed by atoms with Crippen molar-refractivity contribution in [2.24, 2.45) is 0 Å². The molecule has 0 aliphatic rings. The van der Waals surface area contributed by atoms with Crippen LogP contribution in [0.15, 0.2) is 51.8 Å². The van der Waals surface area contributed by atoms with Gasteiger partial charge in [-0.1, -0.05) is 29.8 Å². The Hall–Kier alpha value is -1.26. The fraction of sp³-hybridized carbons (Fsp3) is 0.235. The fourth-order valence-corrected chi connectivity index (χ4v) is 3.46. The van der Waals surface area contributed by atoms with Crippen molar-refractivity contribution < 1.29 is 9.53 Å². The van der Waals surface area contributed by atoms with E-state index in [0.29, 0.717) is 12.2 Å². The lowest BCUT2D eigenvalue weighted by atomic mass is 10.1. The fourth-order valence-electron chi connectivity index (χ4n) is 2.03. The van der Waals surface area contributed by atoms with E-state index in [-0.39, 0.29) is 5.78 Å². The SMILES string of the molecule is COc1ccc(C)cc1CC(=O)CSc1ccccc1Br. The molecule has 0 unspecified atom stereocenters. The molecule has 0 bridgehead atoms. The van der Waals surface area contributed by atoms with E-state index in [1.807, 2.05) is 49.4 Å². The summed E-state index contributed by atoms with van der Waals surface area (Å²) in [5.74, 6) is 1.43. The van der Waals surface area contributed by atoms with Crippen molar-refractivity contribution in [3.8, 4) is 5.75 Å². The topological polar surface area (TPSA) is 26.3 Å². The lowest BCUT2D eigenvalue weighted by molar-refractivity contribution is -0.116. The molecule has 21 heavy (non-hydrogen) atoms. The summed E-state index contributed by atoms with van der Waals surface area (Å²) in [6.07, 6.45) is 0.405. The predicted molar refractivity (Wildman–Crippen MR) is 91.3 cm³/mol. The largest absolute Gasteiger partial charge is 0.496 e. The molecule has 0 aromatic heterocycles. The van der Waals surface area contributed by atoms with E-state index in [4.69, 9.17) is 4.74 Å². The maximum atomic E-state index is 12.2. The third kappa shape index (κ3) is 4.61. The van der Waals surface area contributed by atoms with Gasteiger partial charge in [-0.3, -0.25) is 4.79 Å². The zero-order valence-electron chi connectivity index (χ0n) is 12.1. The van der Waals surface area contributed by atoms with Crippen molar-refractivity contribution in [3.05, 3.63) is 58.1 Å². The molecule has 0 saturated carbocycles. The van der Waals surface area contributed by atoms with E-state index in [1.165, 1.54) is 0 Å². The zero-order chi connectivity index (χ0) is 15.2. The number of Topliss-reactive ketones (excluding diaryl/α,β-unsaturated/α-hetero) is 1. The second-order valence-electron chi connectivity index (χ2n) is 4.75. The number of thioether (sulfide) groups is 1. The average molecular weight is 365 g/mol. The maximum Gasteiger partial charge on any atom is 0.147 e. The normalized spacial score (nSPS) is 10.4. The molecule has 0 spiro atoms. The van der Waals surface area contributed by atoms with Crippen molar-refractivity contribution in [1.82, 2.24) is 0 Å². The highest BCUT2D eigenvalue weighted by Crippen LogP contribution is 2.27. The Balaban J connectivity index is 1.99. The zero-order valence-corrected chi connectivity index (χ0v) is 14.5. The van der Waals surface area contributed by atoms with Gasteiger partial charge in [-0.15, -0.1) is 11.8 Å². The van der Waals surface area contributed by atoms with Gasteiger partial charge in [-0.2, -0.15) is 0 Å². The monoisotopic (exact) mass is 364 g/mol. The van der Waals surface area contributed by atoms with E-state index in [0.717, 1.165) is 26.2 Å².